The normalized spacial score (nSPS) is 16.9. The average Bonchev–Trinajstić information content (AvgIpc) is 3.31. The summed E-state index contributed by atoms with van der Waals surface area (Å²) in [6, 6.07) is 12.7. The number of sulfonamides is 1. The van der Waals surface area contributed by atoms with E-state index < -0.39 is 10.0 Å². The number of nitrogens with zero attached hydrogens (tertiary/aromatic N) is 1. The van der Waals surface area contributed by atoms with Gasteiger partial charge in [-0.1, -0.05) is 18.2 Å². The van der Waals surface area contributed by atoms with Gasteiger partial charge in [0.1, 0.15) is 0 Å². The minimum Gasteiger partial charge on any atom is -0.352 e. The number of piperidine rings is 1. The maximum absolute atomic E-state index is 13.1. The Labute approximate surface area is 195 Å². The van der Waals surface area contributed by atoms with Crippen LogP contribution in [-0.2, 0) is 34.2 Å². The molecular formula is C25H31N3O4S. The largest absolute Gasteiger partial charge is 0.352 e. The van der Waals surface area contributed by atoms with Crippen LogP contribution in [0.3, 0.4) is 0 Å². The Hall–Kier alpha value is -2.71. The summed E-state index contributed by atoms with van der Waals surface area (Å²) in [5.74, 6) is -0.432. The molecule has 0 radical (unpaired) electrons. The highest BCUT2D eigenvalue weighted by Gasteiger charge is 2.32. The van der Waals surface area contributed by atoms with Crippen molar-refractivity contribution in [3.63, 3.8) is 0 Å². The van der Waals surface area contributed by atoms with Gasteiger partial charge in [-0.05, 0) is 80.0 Å². The second-order valence-corrected chi connectivity index (χ2v) is 10.7. The number of rotatable bonds is 7. The van der Waals surface area contributed by atoms with E-state index in [-0.39, 0.29) is 17.7 Å². The van der Waals surface area contributed by atoms with Gasteiger partial charge < -0.3 is 10.6 Å². The number of aryl methyl sites for hydroxylation is 2. The maximum Gasteiger partial charge on any atom is 0.251 e. The van der Waals surface area contributed by atoms with Crippen LogP contribution < -0.4 is 10.6 Å². The molecule has 1 aliphatic carbocycles. The Morgan fingerprint density at radius 3 is 2.52 bits per heavy atom. The maximum atomic E-state index is 13.1. The molecule has 4 rings (SSSR count). The number of benzene rings is 2. The molecule has 1 heterocycles. The highest BCUT2D eigenvalue weighted by molar-refractivity contribution is 7.89. The van der Waals surface area contributed by atoms with Crippen LogP contribution in [0.5, 0.6) is 0 Å². The monoisotopic (exact) mass is 469 g/mol. The zero-order chi connectivity index (χ0) is 23.4. The summed E-state index contributed by atoms with van der Waals surface area (Å²) in [5, 5.41) is 5.71. The van der Waals surface area contributed by atoms with Crippen LogP contribution in [0.25, 0.3) is 0 Å². The number of hydrogen-bond acceptors (Lipinski definition) is 4. The summed E-state index contributed by atoms with van der Waals surface area (Å²) >= 11 is 0. The number of carbonyl (C=O) groups is 2. The van der Waals surface area contributed by atoms with E-state index in [1.807, 2.05) is 25.1 Å². The molecule has 2 aromatic carbocycles. The molecule has 2 amide bonds. The third-order valence-corrected chi connectivity index (χ3v) is 8.42. The minimum atomic E-state index is -3.54. The molecule has 1 saturated heterocycles. The highest BCUT2D eigenvalue weighted by atomic mass is 32.2. The van der Waals surface area contributed by atoms with Gasteiger partial charge in [0, 0.05) is 37.7 Å². The number of nitrogens with one attached hydrogen (secondary N) is 2. The first kappa shape index (κ1) is 23.4. The molecule has 0 bridgehead atoms. The lowest BCUT2D eigenvalue weighted by Gasteiger charge is -2.30. The van der Waals surface area contributed by atoms with Crippen LogP contribution in [0, 0.1) is 5.92 Å². The Morgan fingerprint density at radius 2 is 1.76 bits per heavy atom. The average molecular weight is 470 g/mol. The first-order chi connectivity index (χ1) is 15.9. The SMILES string of the molecule is CCNC(=O)c1cccc(CNC(=O)C2CCN(S(=O)(=O)c3ccc4c(c3)CCC4)CC2)c1. The molecule has 0 atom stereocenters. The first-order valence-electron chi connectivity index (χ1n) is 11.7. The van der Waals surface area contributed by atoms with Gasteiger partial charge in [-0.25, -0.2) is 8.42 Å². The Morgan fingerprint density at radius 1 is 1.00 bits per heavy atom. The summed E-state index contributed by atoms with van der Waals surface area (Å²) in [4.78, 5) is 25.0. The van der Waals surface area contributed by atoms with Crippen molar-refractivity contribution in [2.75, 3.05) is 19.6 Å². The summed E-state index contributed by atoms with van der Waals surface area (Å²) < 4.78 is 27.7. The first-order valence-corrected chi connectivity index (χ1v) is 13.1. The van der Waals surface area contributed by atoms with E-state index >= 15 is 0 Å². The van der Waals surface area contributed by atoms with Crippen molar-refractivity contribution in [3.05, 3.63) is 64.7 Å². The Bertz CT molecular complexity index is 1140. The quantitative estimate of drug-likeness (QED) is 0.652. The van der Waals surface area contributed by atoms with Gasteiger partial charge in [-0.2, -0.15) is 4.31 Å². The predicted octanol–water partition coefficient (Wildman–Crippen LogP) is 2.64. The molecule has 2 aliphatic rings. The smallest absolute Gasteiger partial charge is 0.251 e. The van der Waals surface area contributed by atoms with Crippen molar-refractivity contribution in [1.29, 1.82) is 0 Å². The second kappa shape index (κ2) is 10.1. The molecule has 1 fully saturated rings. The second-order valence-electron chi connectivity index (χ2n) is 8.74. The van der Waals surface area contributed by atoms with E-state index in [2.05, 4.69) is 10.6 Å². The number of amides is 2. The van der Waals surface area contributed by atoms with Crippen molar-refractivity contribution < 1.29 is 18.0 Å². The molecule has 0 saturated carbocycles. The van der Waals surface area contributed by atoms with Gasteiger partial charge in [0.2, 0.25) is 15.9 Å². The number of hydrogen-bond donors (Lipinski definition) is 2. The van der Waals surface area contributed by atoms with Crippen LogP contribution in [0.1, 0.15) is 53.2 Å². The summed E-state index contributed by atoms with van der Waals surface area (Å²) in [7, 11) is -3.54. The van der Waals surface area contributed by atoms with Crippen LogP contribution in [-0.4, -0.2) is 44.2 Å². The lowest BCUT2D eigenvalue weighted by Crippen LogP contribution is -2.42. The van der Waals surface area contributed by atoms with Crippen LogP contribution in [0.4, 0.5) is 0 Å². The molecular weight excluding hydrogens is 438 g/mol. The lowest BCUT2D eigenvalue weighted by atomic mass is 9.97. The van der Waals surface area contributed by atoms with Gasteiger partial charge in [0.15, 0.2) is 0 Å². The number of fused-ring (bicyclic) bond motifs is 1. The summed E-state index contributed by atoms with van der Waals surface area (Å²) in [5.41, 5.74) is 3.81. The van der Waals surface area contributed by atoms with Crippen molar-refractivity contribution in [2.45, 2.75) is 50.5 Å². The third-order valence-electron chi connectivity index (χ3n) is 6.53. The fourth-order valence-corrected chi connectivity index (χ4v) is 6.16. The summed E-state index contributed by atoms with van der Waals surface area (Å²) in [6.07, 6.45) is 4.03. The molecule has 1 aliphatic heterocycles. The minimum absolute atomic E-state index is 0.0759. The van der Waals surface area contributed by atoms with E-state index in [1.165, 1.54) is 9.87 Å². The van der Waals surface area contributed by atoms with Gasteiger partial charge in [-0.3, -0.25) is 9.59 Å². The fraction of sp³-hybridized carbons (Fsp3) is 0.440. The Balaban J connectivity index is 1.31. The van der Waals surface area contributed by atoms with Crippen molar-refractivity contribution in [3.8, 4) is 0 Å². The molecule has 8 heteroatoms. The Kier molecular flexibility index (Phi) is 7.14. The van der Waals surface area contributed by atoms with Crippen molar-refractivity contribution >= 4 is 21.8 Å². The van der Waals surface area contributed by atoms with Crippen LogP contribution >= 0.6 is 0 Å². The van der Waals surface area contributed by atoms with Gasteiger partial charge in [0.25, 0.3) is 5.91 Å². The van der Waals surface area contributed by atoms with Gasteiger partial charge in [-0.15, -0.1) is 0 Å². The van der Waals surface area contributed by atoms with E-state index in [0.29, 0.717) is 49.5 Å². The van der Waals surface area contributed by atoms with E-state index in [1.54, 1.807) is 24.3 Å². The van der Waals surface area contributed by atoms with Gasteiger partial charge >= 0.3 is 0 Å². The van der Waals surface area contributed by atoms with E-state index in [9.17, 15) is 18.0 Å². The lowest BCUT2D eigenvalue weighted by molar-refractivity contribution is -0.126. The molecule has 2 N–H and O–H groups in total. The molecule has 0 spiro atoms. The van der Waals surface area contributed by atoms with E-state index in [0.717, 1.165) is 30.4 Å². The van der Waals surface area contributed by atoms with Crippen LogP contribution in [0.2, 0.25) is 0 Å². The molecule has 0 aromatic heterocycles. The van der Waals surface area contributed by atoms with Crippen molar-refractivity contribution in [1.82, 2.24) is 14.9 Å². The zero-order valence-corrected chi connectivity index (χ0v) is 19.8. The third kappa shape index (κ3) is 5.28. The molecule has 33 heavy (non-hydrogen) atoms. The van der Waals surface area contributed by atoms with E-state index in [4.69, 9.17) is 0 Å². The number of carbonyl (C=O) groups excluding carboxylic acids is 2. The molecule has 0 unspecified atom stereocenters. The summed E-state index contributed by atoms with van der Waals surface area (Å²) in [6.45, 7) is 3.43. The van der Waals surface area contributed by atoms with Crippen LogP contribution in [0.15, 0.2) is 47.4 Å². The predicted molar refractivity (Wildman–Crippen MR) is 126 cm³/mol. The molecule has 2 aromatic rings. The topological polar surface area (TPSA) is 95.6 Å². The zero-order valence-electron chi connectivity index (χ0n) is 19.0. The van der Waals surface area contributed by atoms with Gasteiger partial charge in [0.05, 0.1) is 4.90 Å². The standard InChI is InChI=1S/C25H31N3O4S/c1-2-26-25(30)22-8-3-5-18(15-22)17-27-24(29)20-11-13-28(14-12-20)33(31,32)23-10-9-19-6-4-7-21(19)16-23/h3,5,8-10,15-16,20H,2,4,6-7,11-14,17H2,1H3,(H,26,30)(H,27,29). The van der Waals surface area contributed by atoms with Crippen molar-refractivity contribution in [2.24, 2.45) is 5.92 Å². The fourth-order valence-electron chi connectivity index (χ4n) is 4.63. The molecule has 176 valence electrons. The molecule has 7 nitrogen and oxygen atoms in total. The highest BCUT2D eigenvalue weighted by Crippen LogP contribution is 2.28.